The maximum atomic E-state index is 11.7. The third kappa shape index (κ3) is 3.00. The van der Waals surface area contributed by atoms with Gasteiger partial charge in [0, 0.05) is 16.9 Å². The van der Waals surface area contributed by atoms with Crippen molar-refractivity contribution in [2.45, 2.75) is 51.1 Å². The Morgan fingerprint density at radius 3 is 2.89 bits per heavy atom. The molecule has 2 N–H and O–H groups in total. The van der Waals surface area contributed by atoms with Crippen molar-refractivity contribution in [3.63, 3.8) is 0 Å². The van der Waals surface area contributed by atoms with Crippen LogP contribution in [0, 0.1) is 0 Å². The highest BCUT2D eigenvalue weighted by Gasteiger charge is 2.41. The van der Waals surface area contributed by atoms with Gasteiger partial charge in [-0.1, -0.05) is 28.9 Å². The lowest BCUT2D eigenvalue weighted by Gasteiger charge is -2.37. The Morgan fingerprint density at radius 1 is 1.53 bits per heavy atom. The molecule has 2 rings (SSSR count). The van der Waals surface area contributed by atoms with E-state index >= 15 is 0 Å². The van der Waals surface area contributed by atoms with E-state index in [-0.39, 0.29) is 6.04 Å². The van der Waals surface area contributed by atoms with Gasteiger partial charge in [0.2, 0.25) is 0 Å². The van der Waals surface area contributed by atoms with E-state index in [1.807, 2.05) is 19.1 Å². The van der Waals surface area contributed by atoms with Crippen LogP contribution >= 0.6 is 15.9 Å². The Bertz CT molecular complexity index is 489. The van der Waals surface area contributed by atoms with Gasteiger partial charge >= 0.3 is 5.97 Å². The number of halogens is 1. The Balaban J connectivity index is 2.29. The lowest BCUT2D eigenvalue weighted by atomic mass is 9.77. The van der Waals surface area contributed by atoms with Crippen molar-refractivity contribution in [1.82, 2.24) is 5.32 Å². The number of carboxylic acid groups (broad SMARTS) is 1. The number of benzene rings is 1. The number of nitrogens with one attached hydrogen (secondary N) is 1. The van der Waals surface area contributed by atoms with E-state index < -0.39 is 11.5 Å². The molecule has 2 atom stereocenters. The molecule has 1 aromatic carbocycles. The van der Waals surface area contributed by atoms with E-state index in [0.29, 0.717) is 12.8 Å². The first-order valence-electron chi connectivity index (χ1n) is 6.75. The van der Waals surface area contributed by atoms with E-state index in [0.717, 1.165) is 22.9 Å². The summed E-state index contributed by atoms with van der Waals surface area (Å²) in [5.41, 5.74) is 1.60. The van der Waals surface area contributed by atoms with Gasteiger partial charge in [-0.3, -0.25) is 10.1 Å². The van der Waals surface area contributed by atoms with E-state index in [1.165, 1.54) is 5.56 Å². The van der Waals surface area contributed by atoms with Crippen LogP contribution in [0.1, 0.15) is 37.8 Å². The fourth-order valence-electron chi connectivity index (χ4n) is 2.70. The number of hydrogen-bond acceptors (Lipinski definition) is 2. The first-order chi connectivity index (χ1) is 8.97. The number of aliphatic carboxylic acids is 1. The van der Waals surface area contributed by atoms with E-state index in [4.69, 9.17) is 0 Å². The summed E-state index contributed by atoms with van der Waals surface area (Å²) in [6.45, 7) is 4.11. The molecule has 0 heterocycles. The number of hydrogen-bond donors (Lipinski definition) is 2. The van der Waals surface area contributed by atoms with E-state index in [1.54, 1.807) is 0 Å². The Labute approximate surface area is 122 Å². The fraction of sp³-hybridized carbons (Fsp3) is 0.533. The Hall–Kier alpha value is -0.870. The average molecular weight is 326 g/mol. The molecular weight excluding hydrogens is 306 g/mol. The molecule has 1 aromatic rings. The maximum absolute atomic E-state index is 11.7. The SMILES string of the molecule is CCC(C)NC1(C(=O)O)CCc2cc(Br)ccc2C1. The normalized spacial score (nSPS) is 23.7. The summed E-state index contributed by atoms with van der Waals surface area (Å²) in [4.78, 5) is 11.7. The number of aryl methyl sites for hydroxylation is 1. The minimum absolute atomic E-state index is 0.216. The van der Waals surface area contributed by atoms with Crippen LogP contribution in [-0.4, -0.2) is 22.7 Å². The molecule has 1 aliphatic rings. The predicted octanol–water partition coefficient (Wildman–Crippen LogP) is 3.15. The maximum Gasteiger partial charge on any atom is 0.324 e. The second-order valence-electron chi connectivity index (χ2n) is 5.43. The smallest absolute Gasteiger partial charge is 0.324 e. The molecular formula is C15H20BrNO2. The van der Waals surface area contributed by atoms with Crippen LogP contribution < -0.4 is 5.32 Å². The number of carboxylic acids is 1. The van der Waals surface area contributed by atoms with Crippen molar-refractivity contribution < 1.29 is 9.90 Å². The monoisotopic (exact) mass is 325 g/mol. The van der Waals surface area contributed by atoms with Crippen LogP contribution in [0.2, 0.25) is 0 Å². The van der Waals surface area contributed by atoms with Gasteiger partial charge in [-0.15, -0.1) is 0 Å². The van der Waals surface area contributed by atoms with Crippen LogP contribution in [0.3, 0.4) is 0 Å². The summed E-state index contributed by atoms with van der Waals surface area (Å²) in [5, 5.41) is 13.0. The first kappa shape index (κ1) is 14.5. The standard InChI is InChI=1S/C15H20BrNO2/c1-3-10(2)17-15(14(18)19)7-6-11-8-13(16)5-4-12(11)9-15/h4-5,8,10,17H,3,6-7,9H2,1-2H3,(H,18,19). The number of rotatable bonds is 4. The van der Waals surface area contributed by atoms with Gasteiger partial charge < -0.3 is 5.11 Å². The van der Waals surface area contributed by atoms with Gasteiger partial charge in [0.15, 0.2) is 0 Å². The van der Waals surface area contributed by atoms with Gasteiger partial charge in [-0.05, 0) is 49.4 Å². The summed E-state index contributed by atoms with van der Waals surface area (Å²) in [6, 6.07) is 6.34. The lowest BCUT2D eigenvalue weighted by molar-refractivity contribution is -0.145. The average Bonchev–Trinajstić information content (AvgIpc) is 2.38. The van der Waals surface area contributed by atoms with Crippen molar-refractivity contribution in [3.8, 4) is 0 Å². The summed E-state index contributed by atoms with van der Waals surface area (Å²) in [5.74, 6) is -0.735. The van der Waals surface area contributed by atoms with Crippen molar-refractivity contribution in [2.24, 2.45) is 0 Å². The first-order valence-corrected chi connectivity index (χ1v) is 7.54. The highest BCUT2D eigenvalue weighted by Crippen LogP contribution is 2.31. The molecule has 0 radical (unpaired) electrons. The molecule has 0 saturated carbocycles. The van der Waals surface area contributed by atoms with Crippen molar-refractivity contribution in [3.05, 3.63) is 33.8 Å². The van der Waals surface area contributed by atoms with Gasteiger partial charge in [0.25, 0.3) is 0 Å². The molecule has 0 aliphatic heterocycles. The van der Waals surface area contributed by atoms with Crippen LogP contribution in [-0.2, 0) is 17.6 Å². The molecule has 0 saturated heterocycles. The van der Waals surface area contributed by atoms with Gasteiger partial charge in [0.1, 0.15) is 5.54 Å². The fourth-order valence-corrected chi connectivity index (χ4v) is 3.11. The zero-order chi connectivity index (χ0) is 14.0. The van der Waals surface area contributed by atoms with Crippen LogP contribution in [0.5, 0.6) is 0 Å². The second-order valence-corrected chi connectivity index (χ2v) is 6.35. The number of carbonyl (C=O) groups is 1. The molecule has 0 spiro atoms. The molecule has 0 bridgehead atoms. The molecule has 1 aliphatic carbocycles. The zero-order valence-electron chi connectivity index (χ0n) is 11.4. The Morgan fingerprint density at radius 2 is 2.26 bits per heavy atom. The largest absolute Gasteiger partial charge is 0.480 e. The number of fused-ring (bicyclic) bond motifs is 1. The van der Waals surface area contributed by atoms with Crippen molar-refractivity contribution >= 4 is 21.9 Å². The van der Waals surface area contributed by atoms with Crippen LogP contribution in [0.4, 0.5) is 0 Å². The highest BCUT2D eigenvalue weighted by atomic mass is 79.9. The summed E-state index contributed by atoms with van der Waals surface area (Å²) >= 11 is 3.47. The highest BCUT2D eigenvalue weighted by molar-refractivity contribution is 9.10. The molecule has 104 valence electrons. The minimum Gasteiger partial charge on any atom is -0.480 e. The summed E-state index contributed by atoms with van der Waals surface area (Å²) in [7, 11) is 0. The Kier molecular flexibility index (Phi) is 4.31. The molecule has 19 heavy (non-hydrogen) atoms. The third-order valence-electron chi connectivity index (χ3n) is 4.03. The molecule has 4 heteroatoms. The van der Waals surface area contributed by atoms with Gasteiger partial charge in [-0.2, -0.15) is 0 Å². The third-order valence-corrected chi connectivity index (χ3v) is 4.52. The quantitative estimate of drug-likeness (QED) is 0.894. The molecule has 0 fully saturated rings. The summed E-state index contributed by atoms with van der Waals surface area (Å²) in [6.07, 6.45) is 2.96. The van der Waals surface area contributed by atoms with E-state index in [2.05, 4.69) is 34.2 Å². The van der Waals surface area contributed by atoms with Crippen LogP contribution in [0.15, 0.2) is 22.7 Å². The predicted molar refractivity (Wildman–Crippen MR) is 79.4 cm³/mol. The molecule has 2 unspecified atom stereocenters. The topological polar surface area (TPSA) is 49.3 Å². The summed E-state index contributed by atoms with van der Waals surface area (Å²) < 4.78 is 1.06. The van der Waals surface area contributed by atoms with Gasteiger partial charge in [-0.25, -0.2) is 0 Å². The van der Waals surface area contributed by atoms with Crippen molar-refractivity contribution in [2.75, 3.05) is 0 Å². The molecule has 0 aromatic heterocycles. The molecule has 0 amide bonds. The zero-order valence-corrected chi connectivity index (χ0v) is 13.0. The minimum atomic E-state index is -0.809. The van der Waals surface area contributed by atoms with Gasteiger partial charge in [0.05, 0.1) is 0 Å². The molecule has 3 nitrogen and oxygen atoms in total. The van der Waals surface area contributed by atoms with Crippen molar-refractivity contribution in [1.29, 1.82) is 0 Å². The van der Waals surface area contributed by atoms with Crippen LogP contribution in [0.25, 0.3) is 0 Å². The lowest BCUT2D eigenvalue weighted by Crippen LogP contribution is -2.58. The second kappa shape index (κ2) is 5.63. The van der Waals surface area contributed by atoms with E-state index in [9.17, 15) is 9.90 Å².